The van der Waals surface area contributed by atoms with Gasteiger partial charge < -0.3 is 9.73 Å². The number of para-hydroxylation sites is 1. The Hall–Kier alpha value is -7.25. The van der Waals surface area contributed by atoms with Crippen LogP contribution in [0.3, 0.4) is 0 Å². The highest BCUT2D eigenvalue weighted by atomic mass is 16.3. The van der Waals surface area contributed by atoms with Crippen LogP contribution in [0.5, 0.6) is 0 Å². The average Bonchev–Trinajstić information content (AvgIpc) is 3.85. The highest BCUT2D eigenvalue weighted by Gasteiger charge is 2.37. The van der Waals surface area contributed by atoms with E-state index in [0.717, 1.165) is 67.9 Å². The quantitative estimate of drug-likeness (QED) is 0.183. The van der Waals surface area contributed by atoms with Gasteiger partial charge in [-0.1, -0.05) is 152 Å². The van der Waals surface area contributed by atoms with Crippen molar-refractivity contribution in [1.29, 1.82) is 0 Å². The Morgan fingerprint density at radius 2 is 1.29 bits per heavy atom. The molecular weight excluding hydrogens is 689 g/mol. The first-order chi connectivity index (χ1) is 27.7. The lowest BCUT2D eigenvalue weighted by Crippen LogP contribution is -2.22. The van der Waals surface area contributed by atoms with Crippen molar-refractivity contribution in [2.75, 3.05) is 5.32 Å². The van der Waals surface area contributed by atoms with Gasteiger partial charge in [-0.3, -0.25) is 0 Å². The van der Waals surface area contributed by atoms with Gasteiger partial charge in [0.05, 0.1) is 6.04 Å². The molecule has 3 unspecified atom stereocenters. The number of fused-ring (bicyclic) bond motifs is 6. The lowest BCUT2D eigenvalue weighted by Gasteiger charge is -2.24. The van der Waals surface area contributed by atoms with Crippen LogP contribution < -0.4 is 5.32 Å². The first-order valence-corrected chi connectivity index (χ1v) is 19.0. The van der Waals surface area contributed by atoms with Crippen LogP contribution >= 0.6 is 0 Å². The summed E-state index contributed by atoms with van der Waals surface area (Å²) in [5, 5.41) is 4.78. The fourth-order valence-corrected chi connectivity index (χ4v) is 8.21. The van der Waals surface area contributed by atoms with E-state index in [1.54, 1.807) is 0 Å². The van der Waals surface area contributed by atoms with Crippen LogP contribution in [-0.4, -0.2) is 31.0 Å². The number of nitrogens with one attached hydrogen (secondary N) is 1. The first-order valence-electron chi connectivity index (χ1n) is 19.0. The minimum atomic E-state index is 0.00972. The number of hydrogen-bond acceptors (Lipinski definition) is 7. The second-order valence-electron chi connectivity index (χ2n) is 14.4. The Kier molecular flexibility index (Phi) is 7.62. The van der Waals surface area contributed by atoms with Gasteiger partial charge >= 0.3 is 0 Å². The molecule has 0 saturated heterocycles. The van der Waals surface area contributed by atoms with Crippen molar-refractivity contribution in [1.82, 2.24) is 24.9 Å². The summed E-state index contributed by atoms with van der Waals surface area (Å²) in [5.74, 6) is 2.88. The summed E-state index contributed by atoms with van der Waals surface area (Å²) < 4.78 is 6.35. The Morgan fingerprint density at radius 3 is 2.11 bits per heavy atom. The molecule has 8 aromatic rings. The van der Waals surface area contributed by atoms with Crippen molar-refractivity contribution in [2.45, 2.75) is 24.3 Å². The first kappa shape index (κ1) is 32.2. The van der Waals surface area contributed by atoms with Crippen LogP contribution in [0.1, 0.15) is 35.5 Å². The van der Waals surface area contributed by atoms with Crippen LogP contribution in [0.25, 0.3) is 72.8 Å². The molecule has 11 rings (SSSR count). The zero-order chi connectivity index (χ0) is 37.0. The summed E-state index contributed by atoms with van der Waals surface area (Å²) in [4.78, 5) is 25.7. The molecule has 1 N–H and O–H groups in total. The van der Waals surface area contributed by atoms with Gasteiger partial charge in [0, 0.05) is 45.2 Å². The molecule has 3 aromatic heterocycles. The molecule has 4 heterocycles. The predicted octanol–water partition coefficient (Wildman–Crippen LogP) is 11.4. The highest BCUT2D eigenvalue weighted by Crippen LogP contribution is 2.47. The maximum absolute atomic E-state index is 6.35. The summed E-state index contributed by atoms with van der Waals surface area (Å²) >= 11 is 0. The molecule has 5 aromatic carbocycles. The van der Waals surface area contributed by atoms with Gasteiger partial charge in [-0.15, -0.1) is 0 Å². The van der Waals surface area contributed by atoms with Gasteiger partial charge in [-0.05, 0) is 41.3 Å². The van der Waals surface area contributed by atoms with Crippen LogP contribution in [0, 0.1) is 0 Å². The minimum Gasteiger partial charge on any atom is -0.452 e. The predicted molar refractivity (Wildman–Crippen MR) is 224 cm³/mol. The molecule has 3 aliphatic rings. The minimum absolute atomic E-state index is 0.00972. The van der Waals surface area contributed by atoms with Gasteiger partial charge in [-0.25, -0.2) is 24.9 Å². The van der Waals surface area contributed by atoms with Crippen molar-refractivity contribution < 1.29 is 4.42 Å². The van der Waals surface area contributed by atoms with Gasteiger partial charge in [0.2, 0.25) is 0 Å². The van der Waals surface area contributed by atoms with E-state index < -0.39 is 0 Å². The summed E-state index contributed by atoms with van der Waals surface area (Å²) in [6.45, 7) is 0. The number of furan rings is 1. The molecule has 3 atom stereocenters. The smallest absolute Gasteiger partial charge is 0.180 e. The van der Waals surface area contributed by atoms with Crippen molar-refractivity contribution in [2.24, 2.45) is 0 Å². The number of benzene rings is 5. The molecule has 1 aliphatic heterocycles. The zero-order valence-corrected chi connectivity index (χ0v) is 30.2. The van der Waals surface area contributed by atoms with Crippen LogP contribution in [-0.2, 0) is 0 Å². The van der Waals surface area contributed by atoms with Crippen LogP contribution in [0.15, 0.2) is 174 Å². The van der Waals surface area contributed by atoms with E-state index in [1.165, 1.54) is 11.1 Å². The number of nitrogens with zero attached hydrogens (tertiary/aromatic N) is 5. The molecule has 7 nitrogen and oxygen atoms in total. The number of aromatic nitrogens is 5. The maximum Gasteiger partial charge on any atom is 0.180 e. The third-order valence-electron chi connectivity index (χ3n) is 11.0. The number of hydrogen-bond donors (Lipinski definition) is 1. The fourth-order valence-electron chi connectivity index (χ4n) is 8.21. The van der Waals surface area contributed by atoms with Crippen molar-refractivity contribution in [3.63, 3.8) is 0 Å². The fraction of sp³-hybridized carbons (Fsp3) is 0.0816. The molecule has 0 saturated carbocycles. The van der Waals surface area contributed by atoms with Crippen molar-refractivity contribution >= 4 is 33.3 Å². The molecule has 7 heteroatoms. The molecule has 2 aliphatic carbocycles. The molecular formula is C49H34N6O. The Bertz CT molecular complexity index is 2930. The Morgan fingerprint density at radius 1 is 0.571 bits per heavy atom. The lowest BCUT2D eigenvalue weighted by atomic mass is 9.83. The summed E-state index contributed by atoms with van der Waals surface area (Å²) in [7, 11) is 0. The molecule has 0 bridgehead atoms. The van der Waals surface area contributed by atoms with E-state index in [-0.39, 0.29) is 17.9 Å². The van der Waals surface area contributed by atoms with E-state index >= 15 is 0 Å². The standard InChI is InChI=1S/C49H34N6O/c1-4-13-30(14-5-1)31-23-25-34(26-24-31)47-53-46(33-17-8-3-9-18-33)54-49(55-47)38-20-12-21-39-42(38)36-28-27-35(29-40(36)50-39)48-51-43(32-15-6-2-7-16-32)45-44(52-48)37-19-10-11-22-41(37)56-45/h1-17,19-29,33,39,42,50H,18H2. The van der Waals surface area contributed by atoms with Gasteiger partial charge in [0.1, 0.15) is 22.6 Å². The Labute approximate surface area is 323 Å². The second-order valence-corrected chi connectivity index (χ2v) is 14.4. The maximum atomic E-state index is 6.35. The molecule has 0 amide bonds. The van der Waals surface area contributed by atoms with E-state index in [9.17, 15) is 0 Å². The van der Waals surface area contributed by atoms with Crippen LogP contribution in [0.4, 0.5) is 5.69 Å². The molecule has 0 spiro atoms. The topological polar surface area (TPSA) is 89.6 Å². The zero-order valence-electron chi connectivity index (χ0n) is 30.2. The number of rotatable bonds is 6. The van der Waals surface area contributed by atoms with E-state index in [4.69, 9.17) is 29.3 Å². The van der Waals surface area contributed by atoms with Gasteiger partial charge in [0.25, 0.3) is 0 Å². The third-order valence-corrected chi connectivity index (χ3v) is 11.0. The number of anilines is 1. The van der Waals surface area contributed by atoms with Gasteiger partial charge in [-0.2, -0.15) is 0 Å². The SMILES string of the molecule is C1=CCC(c2nc(C3=CC=CC4Nc5cc(-c6nc(-c7ccccc7)c7oc8ccccc8c7n6)ccc5C34)nc(-c3ccc(-c4ccccc4)cc3)n2)C=C1. The summed E-state index contributed by atoms with van der Waals surface area (Å²) in [5.41, 5.74) is 11.5. The lowest BCUT2D eigenvalue weighted by molar-refractivity contribution is 0.667. The van der Waals surface area contributed by atoms with Crippen LogP contribution in [0.2, 0.25) is 0 Å². The van der Waals surface area contributed by atoms with Crippen molar-refractivity contribution in [3.8, 4) is 45.2 Å². The molecule has 56 heavy (non-hydrogen) atoms. The van der Waals surface area contributed by atoms with E-state index in [1.807, 2.05) is 42.5 Å². The average molecular weight is 723 g/mol. The van der Waals surface area contributed by atoms with E-state index in [0.29, 0.717) is 23.1 Å². The third kappa shape index (κ3) is 5.55. The molecule has 266 valence electrons. The highest BCUT2D eigenvalue weighted by molar-refractivity contribution is 6.07. The summed E-state index contributed by atoms with van der Waals surface area (Å²) in [6, 6.07) is 43.7. The van der Waals surface area contributed by atoms with Crippen molar-refractivity contribution in [3.05, 3.63) is 187 Å². The second kappa shape index (κ2) is 13.2. The molecule has 0 fully saturated rings. The summed E-state index contributed by atoms with van der Waals surface area (Å²) in [6.07, 6.45) is 15.9. The Balaban J connectivity index is 0.989. The van der Waals surface area contributed by atoms with E-state index in [2.05, 4.69) is 133 Å². The monoisotopic (exact) mass is 722 g/mol. The largest absolute Gasteiger partial charge is 0.452 e. The number of allylic oxidation sites excluding steroid dienone is 6. The molecule has 0 radical (unpaired) electrons. The normalized spacial score (nSPS) is 18.1. The van der Waals surface area contributed by atoms with Gasteiger partial charge in [0.15, 0.2) is 23.1 Å².